The molecule has 7 nitrogen and oxygen atoms in total. The summed E-state index contributed by atoms with van der Waals surface area (Å²) in [6.07, 6.45) is 4.13. The number of carbonyl (C=O) groups is 1. The first kappa shape index (κ1) is 21.8. The van der Waals surface area contributed by atoms with Crippen molar-refractivity contribution in [2.75, 3.05) is 0 Å². The molecule has 1 atom stereocenters. The van der Waals surface area contributed by atoms with Gasteiger partial charge in [-0.15, -0.1) is 0 Å². The molecule has 0 fully saturated rings. The fraction of sp³-hybridized carbons (Fsp3) is 0.231. The molecule has 0 radical (unpaired) electrons. The maximum atomic E-state index is 14.6. The Kier molecular flexibility index (Phi) is 5.57. The van der Waals surface area contributed by atoms with E-state index in [4.69, 9.17) is 4.98 Å². The van der Waals surface area contributed by atoms with Crippen LogP contribution < -0.4 is 5.32 Å². The van der Waals surface area contributed by atoms with Crippen molar-refractivity contribution in [2.24, 2.45) is 7.05 Å². The molecule has 5 aromatic rings. The number of aryl methyl sites for hydroxylation is 3. The van der Waals surface area contributed by atoms with Crippen molar-refractivity contribution in [3.63, 3.8) is 0 Å². The smallest absolute Gasteiger partial charge is 0.221 e. The zero-order valence-electron chi connectivity index (χ0n) is 19.3. The highest BCUT2D eigenvalue weighted by molar-refractivity contribution is 5.92. The molecule has 0 aliphatic heterocycles. The van der Waals surface area contributed by atoms with Crippen molar-refractivity contribution in [1.29, 1.82) is 0 Å². The number of hydrogen-bond acceptors (Lipinski definition) is 4. The SMILES string of the molecule is Cc1nc2c3ccccc3nn2c(C)c1CCC(=O)NC(c1ccccc1F)c1nccn1C. The number of rotatable bonds is 6. The van der Waals surface area contributed by atoms with E-state index in [1.54, 1.807) is 35.2 Å². The average molecular weight is 457 g/mol. The second kappa shape index (κ2) is 8.70. The van der Waals surface area contributed by atoms with Gasteiger partial charge in [0.15, 0.2) is 5.65 Å². The summed E-state index contributed by atoms with van der Waals surface area (Å²) in [5, 5.41) is 8.67. The van der Waals surface area contributed by atoms with Gasteiger partial charge in [0.1, 0.15) is 17.7 Å². The molecular weight excluding hydrogens is 431 g/mol. The molecule has 1 N–H and O–H groups in total. The zero-order valence-corrected chi connectivity index (χ0v) is 19.3. The van der Waals surface area contributed by atoms with Crippen molar-refractivity contribution in [1.82, 2.24) is 29.5 Å². The van der Waals surface area contributed by atoms with Crippen LogP contribution in [0.25, 0.3) is 16.6 Å². The van der Waals surface area contributed by atoms with E-state index >= 15 is 0 Å². The Bertz CT molecular complexity index is 1520. The molecule has 8 heteroatoms. The molecule has 3 heterocycles. The van der Waals surface area contributed by atoms with Gasteiger partial charge in [-0.25, -0.2) is 18.9 Å². The first-order valence-corrected chi connectivity index (χ1v) is 11.2. The number of nitrogens with zero attached hydrogens (tertiary/aromatic N) is 5. The lowest BCUT2D eigenvalue weighted by atomic mass is 10.0. The molecular formula is C26H25FN6O. The van der Waals surface area contributed by atoms with Crippen molar-refractivity contribution in [3.05, 3.63) is 95.1 Å². The number of benzene rings is 2. The highest BCUT2D eigenvalue weighted by atomic mass is 19.1. The Morgan fingerprint density at radius 2 is 1.88 bits per heavy atom. The van der Waals surface area contributed by atoms with Crippen molar-refractivity contribution >= 4 is 22.5 Å². The first-order valence-electron chi connectivity index (χ1n) is 11.2. The Morgan fingerprint density at radius 3 is 2.65 bits per heavy atom. The van der Waals surface area contributed by atoms with Gasteiger partial charge in [0.05, 0.1) is 5.52 Å². The van der Waals surface area contributed by atoms with E-state index in [1.165, 1.54) is 6.07 Å². The van der Waals surface area contributed by atoms with Crippen molar-refractivity contribution in [3.8, 4) is 0 Å². The van der Waals surface area contributed by atoms with E-state index in [0.29, 0.717) is 17.8 Å². The topological polar surface area (TPSA) is 77.1 Å². The van der Waals surface area contributed by atoms with Gasteiger partial charge in [-0.05, 0) is 44.0 Å². The van der Waals surface area contributed by atoms with Crippen LogP contribution in [-0.2, 0) is 18.3 Å². The summed E-state index contributed by atoms with van der Waals surface area (Å²) < 4.78 is 18.2. The normalized spacial score (nSPS) is 12.4. The van der Waals surface area contributed by atoms with Crippen LogP contribution in [-0.4, -0.2) is 30.1 Å². The van der Waals surface area contributed by atoms with Gasteiger partial charge in [0, 0.05) is 48.2 Å². The summed E-state index contributed by atoms with van der Waals surface area (Å²) >= 11 is 0. The minimum Gasteiger partial charge on any atom is -0.342 e. The number of imidazole rings is 1. The number of aromatic nitrogens is 5. The lowest BCUT2D eigenvalue weighted by Crippen LogP contribution is -2.32. The Labute approximate surface area is 196 Å². The van der Waals surface area contributed by atoms with Crippen LogP contribution in [0.1, 0.15) is 40.8 Å². The Morgan fingerprint density at radius 1 is 1.12 bits per heavy atom. The number of carbonyl (C=O) groups excluding carboxylic acids is 1. The molecule has 5 rings (SSSR count). The standard InChI is InChI=1S/C26H25FN6O/c1-16-18(17(2)33-25(29-16)20-9-5-7-11-22(20)31-33)12-13-23(34)30-24(26-28-14-15-32(26)3)19-8-4-6-10-21(19)27/h4-11,14-15,24H,12-13H2,1-3H3,(H,30,34). The summed E-state index contributed by atoms with van der Waals surface area (Å²) in [6.45, 7) is 3.95. The highest BCUT2D eigenvalue weighted by Crippen LogP contribution is 2.25. The number of hydrogen-bond donors (Lipinski definition) is 1. The predicted octanol–water partition coefficient (Wildman–Crippen LogP) is 4.21. The van der Waals surface area contributed by atoms with Crippen LogP contribution >= 0.6 is 0 Å². The van der Waals surface area contributed by atoms with Crippen molar-refractivity contribution in [2.45, 2.75) is 32.7 Å². The van der Waals surface area contributed by atoms with Gasteiger partial charge >= 0.3 is 0 Å². The number of fused-ring (bicyclic) bond motifs is 3. The first-order chi connectivity index (χ1) is 16.4. The van der Waals surface area contributed by atoms with E-state index in [-0.39, 0.29) is 18.1 Å². The minimum absolute atomic E-state index is 0.194. The van der Waals surface area contributed by atoms with Crippen molar-refractivity contribution < 1.29 is 9.18 Å². The molecule has 2 aromatic carbocycles. The molecule has 0 saturated heterocycles. The lowest BCUT2D eigenvalue weighted by molar-refractivity contribution is -0.121. The minimum atomic E-state index is -0.687. The van der Waals surface area contributed by atoms with Gasteiger partial charge in [0.25, 0.3) is 0 Å². The number of nitrogens with one attached hydrogen (secondary N) is 1. The highest BCUT2D eigenvalue weighted by Gasteiger charge is 2.24. The fourth-order valence-corrected chi connectivity index (χ4v) is 4.46. The second-order valence-corrected chi connectivity index (χ2v) is 8.43. The fourth-order valence-electron chi connectivity index (χ4n) is 4.46. The largest absolute Gasteiger partial charge is 0.342 e. The van der Waals surface area contributed by atoms with E-state index in [1.807, 2.05) is 49.7 Å². The Hall–Kier alpha value is -4.07. The van der Waals surface area contributed by atoms with E-state index < -0.39 is 6.04 Å². The molecule has 0 bridgehead atoms. The van der Waals surface area contributed by atoms with Gasteiger partial charge in [0.2, 0.25) is 5.91 Å². The third-order valence-corrected chi connectivity index (χ3v) is 6.26. The van der Waals surface area contributed by atoms with Crippen LogP contribution in [0.4, 0.5) is 4.39 Å². The Balaban J connectivity index is 1.40. The summed E-state index contributed by atoms with van der Waals surface area (Å²) in [4.78, 5) is 22.2. The number of amides is 1. The quantitative estimate of drug-likeness (QED) is 0.415. The summed E-state index contributed by atoms with van der Waals surface area (Å²) in [5.74, 6) is -0.0132. The van der Waals surface area contributed by atoms with Gasteiger partial charge in [-0.3, -0.25) is 4.79 Å². The van der Waals surface area contributed by atoms with Crippen LogP contribution in [0.3, 0.4) is 0 Å². The molecule has 0 spiro atoms. The van der Waals surface area contributed by atoms with Crippen LogP contribution in [0.5, 0.6) is 0 Å². The van der Waals surface area contributed by atoms with E-state index in [0.717, 1.165) is 33.5 Å². The molecule has 0 aliphatic rings. The molecule has 3 aromatic heterocycles. The summed E-state index contributed by atoms with van der Waals surface area (Å²) in [7, 11) is 1.82. The zero-order chi connectivity index (χ0) is 23.8. The molecule has 172 valence electrons. The second-order valence-electron chi connectivity index (χ2n) is 8.43. The van der Waals surface area contributed by atoms with Gasteiger partial charge in [-0.1, -0.05) is 30.3 Å². The molecule has 34 heavy (non-hydrogen) atoms. The summed E-state index contributed by atoms with van der Waals surface area (Å²) in [5.41, 5.74) is 4.89. The van der Waals surface area contributed by atoms with Gasteiger partial charge < -0.3 is 9.88 Å². The molecule has 0 aliphatic carbocycles. The predicted molar refractivity (Wildman–Crippen MR) is 128 cm³/mol. The number of halogens is 1. The third-order valence-electron chi connectivity index (χ3n) is 6.26. The van der Waals surface area contributed by atoms with E-state index in [9.17, 15) is 9.18 Å². The van der Waals surface area contributed by atoms with E-state index in [2.05, 4.69) is 15.4 Å². The molecule has 0 saturated carbocycles. The van der Waals surface area contributed by atoms with Crippen LogP contribution in [0, 0.1) is 19.7 Å². The lowest BCUT2D eigenvalue weighted by Gasteiger charge is -2.20. The third kappa shape index (κ3) is 3.81. The monoisotopic (exact) mass is 456 g/mol. The van der Waals surface area contributed by atoms with Gasteiger partial charge in [-0.2, -0.15) is 5.10 Å². The summed E-state index contributed by atoms with van der Waals surface area (Å²) in [6, 6.07) is 13.7. The molecule has 1 unspecified atom stereocenters. The van der Waals surface area contributed by atoms with Crippen LogP contribution in [0.2, 0.25) is 0 Å². The average Bonchev–Trinajstić information content (AvgIpc) is 3.41. The van der Waals surface area contributed by atoms with Crippen LogP contribution in [0.15, 0.2) is 60.9 Å². The maximum absolute atomic E-state index is 14.6. The molecule has 1 amide bonds. The maximum Gasteiger partial charge on any atom is 0.221 e.